The summed E-state index contributed by atoms with van der Waals surface area (Å²) in [5.74, 6) is 0.826. The Balaban J connectivity index is 1.73. The zero-order valence-corrected chi connectivity index (χ0v) is 21.1. The monoisotopic (exact) mass is 475 g/mol. The van der Waals surface area contributed by atoms with Crippen molar-refractivity contribution in [3.05, 3.63) is 77.3 Å². The molecule has 3 aromatic carbocycles. The van der Waals surface area contributed by atoms with Crippen LogP contribution in [0.2, 0.25) is 5.02 Å². The summed E-state index contributed by atoms with van der Waals surface area (Å²) in [6.45, 7) is 7.76. The van der Waals surface area contributed by atoms with Crippen LogP contribution in [0.15, 0.2) is 66.7 Å². The van der Waals surface area contributed by atoms with Gasteiger partial charge in [0.15, 0.2) is 0 Å². The van der Waals surface area contributed by atoms with Gasteiger partial charge in [-0.25, -0.2) is 4.98 Å². The van der Waals surface area contributed by atoms with E-state index in [0.717, 1.165) is 72.1 Å². The molecule has 0 fully saturated rings. The number of hydrogen-bond donors (Lipinski definition) is 1. The Morgan fingerprint density at radius 2 is 1.74 bits per heavy atom. The van der Waals surface area contributed by atoms with Crippen LogP contribution >= 0.6 is 11.6 Å². The van der Waals surface area contributed by atoms with E-state index in [2.05, 4.69) is 66.5 Å². The average Bonchev–Trinajstić information content (AvgIpc) is 2.86. The Hall–Kier alpha value is -2.82. The van der Waals surface area contributed by atoms with Crippen LogP contribution < -0.4 is 10.1 Å². The van der Waals surface area contributed by atoms with E-state index in [9.17, 15) is 0 Å². The molecular weight excluding hydrogens is 442 g/mol. The van der Waals surface area contributed by atoms with Gasteiger partial charge in [0, 0.05) is 21.8 Å². The molecule has 178 valence electrons. The maximum absolute atomic E-state index is 6.32. The normalized spacial score (nSPS) is 12.4. The molecule has 0 spiro atoms. The fourth-order valence-electron chi connectivity index (χ4n) is 4.61. The van der Waals surface area contributed by atoms with E-state index in [1.165, 1.54) is 5.56 Å². The highest BCUT2D eigenvalue weighted by molar-refractivity contribution is 6.31. The summed E-state index contributed by atoms with van der Waals surface area (Å²) in [6.07, 6.45) is 3.18. The van der Waals surface area contributed by atoms with Crippen LogP contribution in [0.1, 0.15) is 32.3 Å². The second-order valence-corrected chi connectivity index (χ2v) is 9.17. The van der Waals surface area contributed by atoms with Crippen molar-refractivity contribution in [1.29, 1.82) is 0 Å². The van der Waals surface area contributed by atoms with Crippen molar-refractivity contribution in [2.75, 3.05) is 32.1 Å². The number of methoxy groups -OCH3 is 1. The highest BCUT2D eigenvalue weighted by atomic mass is 35.5. The first-order valence-electron chi connectivity index (χ1n) is 12.2. The number of aromatic nitrogens is 1. The van der Waals surface area contributed by atoms with Crippen LogP contribution in [0.5, 0.6) is 5.75 Å². The number of pyridine rings is 1. The molecule has 0 radical (unpaired) electrons. The number of fused-ring (bicyclic) bond motifs is 2. The summed E-state index contributed by atoms with van der Waals surface area (Å²) < 4.78 is 5.54. The third-order valence-electron chi connectivity index (χ3n) is 6.54. The Labute approximate surface area is 207 Å². The summed E-state index contributed by atoms with van der Waals surface area (Å²) in [4.78, 5) is 7.38. The molecule has 0 amide bonds. The second-order valence-electron chi connectivity index (χ2n) is 8.73. The summed E-state index contributed by atoms with van der Waals surface area (Å²) in [5.41, 5.74) is 4.26. The topological polar surface area (TPSA) is 37.4 Å². The number of halogens is 1. The van der Waals surface area contributed by atoms with Gasteiger partial charge in [-0.1, -0.05) is 55.8 Å². The number of benzene rings is 3. The maximum atomic E-state index is 6.32. The van der Waals surface area contributed by atoms with Gasteiger partial charge in [0.05, 0.1) is 23.8 Å². The van der Waals surface area contributed by atoms with Crippen LogP contribution in [0.3, 0.4) is 0 Å². The predicted octanol–water partition coefficient (Wildman–Crippen LogP) is 7.20. The Morgan fingerprint density at radius 3 is 2.47 bits per heavy atom. The standard InChI is InChI=1S/C29H34ClN3O/c1-4-33(5-2)17-9-12-23(18-21-10-7-6-8-11-21)31-29-25-15-13-22(30)19-28(25)32-27-16-14-24(34-3)20-26(27)29/h6-8,10-11,13-16,19-20,23H,4-5,9,12,17-18H2,1-3H3,(H,31,32). The number of hydrogen-bond acceptors (Lipinski definition) is 4. The minimum absolute atomic E-state index is 0.286. The highest BCUT2D eigenvalue weighted by Gasteiger charge is 2.16. The molecule has 1 aromatic heterocycles. The summed E-state index contributed by atoms with van der Waals surface area (Å²) in [7, 11) is 1.70. The number of anilines is 1. The molecule has 1 N–H and O–H groups in total. The zero-order valence-electron chi connectivity index (χ0n) is 20.4. The van der Waals surface area contributed by atoms with Gasteiger partial charge in [0.25, 0.3) is 0 Å². The molecule has 34 heavy (non-hydrogen) atoms. The van der Waals surface area contributed by atoms with Crippen molar-refractivity contribution < 1.29 is 4.74 Å². The molecule has 4 rings (SSSR count). The van der Waals surface area contributed by atoms with Crippen molar-refractivity contribution in [3.8, 4) is 5.75 Å². The first kappa shape index (κ1) is 24.3. The van der Waals surface area contributed by atoms with Crippen molar-refractivity contribution in [2.24, 2.45) is 0 Å². The van der Waals surface area contributed by atoms with Gasteiger partial charge in [-0.05, 0) is 80.9 Å². The largest absolute Gasteiger partial charge is 0.497 e. The lowest BCUT2D eigenvalue weighted by atomic mass is 9.99. The molecule has 4 nitrogen and oxygen atoms in total. The van der Waals surface area contributed by atoms with Gasteiger partial charge >= 0.3 is 0 Å². The lowest BCUT2D eigenvalue weighted by Crippen LogP contribution is -2.27. The van der Waals surface area contributed by atoms with Gasteiger partial charge < -0.3 is 15.0 Å². The van der Waals surface area contributed by atoms with Gasteiger partial charge in [-0.2, -0.15) is 0 Å². The van der Waals surface area contributed by atoms with E-state index in [1.807, 2.05) is 24.3 Å². The first-order chi connectivity index (χ1) is 16.6. The number of ether oxygens (including phenoxy) is 1. The summed E-state index contributed by atoms with van der Waals surface area (Å²) in [6, 6.07) is 23.0. The molecule has 0 aliphatic rings. The van der Waals surface area contributed by atoms with Crippen molar-refractivity contribution in [3.63, 3.8) is 0 Å². The lowest BCUT2D eigenvalue weighted by Gasteiger charge is -2.24. The minimum atomic E-state index is 0.286. The number of nitrogens with zero attached hydrogens (tertiary/aromatic N) is 2. The Kier molecular flexibility index (Phi) is 8.25. The molecule has 0 aliphatic heterocycles. The van der Waals surface area contributed by atoms with E-state index >= 15 is 0 Å². The molecule has 5 heteroatoms. The molecule has 4 aromatic rings. The molecule has 1 atom stereocenters. The smallest absolute Gasteiger partial charge is 0.119 e. The molecule has 0 saturated heterocycles. The lowest BCUT2D eigenvalue weighted by molar-refractivity contribution is 0.294. The van der Waals surface area contributed by atoms with Gasteiger partial charge in [-0.15, -0.1) is 0 Å². The summed E-state index contributed by atoms with van der Waals surface area (Å²) >= 11 is 6.32. The van der Waals surface area contributed by atoms with Crippen molar-refractivity contribution in [2.45, 2.75) is 39.2 Å². The van der Waals surface area contributed by atoms with Crippen LogP contribution in [0.4, 0.5) is 5.69 Å². The quantitative estimate of drug-likeness (QED) is 0.233. The molecule has 0 bridgehead atoms. The van der Waals surface area contributed by atoms with E-state index < -0.39 is 0 Å². The zero-order chi connectivity index (χ0) is 23.9. The van der Waals surface area contributed by atoms with Crippen LogP contribution in [0, 0.1) is 0 Å². The molecule has 1 unspecified atom stereocenters. The molecular formula is C29H34ClN3O. The van der Waals surface area contributed by atoms with E-state index in [0.29, 0.717) is 5.02 Å². The van der Waals surface area contributed by atoms with Crippen LogP contribution in [0.25, 0.3) is 21.8 Å². The highest BCUT2D eigenvalue weighted by Crippen LogP contribution is 2.35. The number of nitrogens with one attached hydrogen (secondary N) is 1. The van der Waals surface area contributed by atoms with Crippen molar-refractivity contribution >= 4 is 39.1 Å². The second kappa shape index (κ2) is 11.5. The third kappa shape index (κ3) is 5.81. The average molecular weight is 476 g/mol. The first-order valence-corrected chi connectivity index (χ1v) is 12.6. The van der Waals surface area contributed by atoms with E-state index in [-0.39, 0.29) is 6.04 Å². The van der Waals surface area contributed by atoms with Crippen molar-refractivity contribution in [1.82, 2.24) is 9.88 Å². The van der Waals surface area contributed by atoms with Crippen LogP contribution in [-0.4, -0.2) is 42.7 Å². The Morgan fingerprint density at radius 1 is 0.941 bits per heavy atom. The molecule has 1 heterocycles. The van der Waals surface area contributed by atoms with Gasteiger partial charge in [-0.3, -0.25) is 0 Å². The Bertz CT molecular complexity index is 1220. The van der Waals surface area contributed by atoms with Gasteiger partial charge in [0.2, 0.25) is 0 Å². The predicted molar refractivity (Wildman–Crippen MR) is 145 cm³/mol. The number of rotatable bonds is 11. The molecule has 0 aliphatic carbocycles. The maximum Gasteiger partial charge on any atom is 0.119 e. The fraction of sp³-hybridized carbons (Fsp3) is 0.345. The van der Waals surface area contributed by atoms with Crippen LogP contribution in [-0.2, 0) is 6.42 Å². The minimum Gasteiger partial charge on any atom is -0.497 e. The fourth-order valence-corrected chi connectivity index (χ4v) is 4.77. The summed E-state index contributed by atoms with van der Waals surface area (Å²) in [5, 5.41) is 6.77. The third-order valence-corrected chi connectivity index (χ3v) is 6.77. The van der Waals surface area contributed by atoms with E-state index in [4.69, 9.17) is 21.3 Å². The van der Waals surface area contributed by atoms with E-state index in [1.54, 1.807) is 7.11 Å². The van der Waals surface area contributed by atoms with Gasteiger partial charge in [0.1, 0.15) is 5.75 Å². The molecule has 0 saturated carbocycles. The SMILES string of the molecule is CCN(CC)CCCC(Cc1ccccc1)Nc1c2ccc(Cl)cc2nc2ccc(OC)cc12.